The SMILES string of the molecule is CN1CCCc2cc([C@@H](CNC(=O)C(=O)Nc3cc(Cl)ccc3C#N)N(C)C)ccc21. The first kappa shape index (κ1) is 22.6. The van der Waals surface area contributed by atoms with E-state index in [9.17, 15) is 14.9 Å². The molecule has 0 spiro atoms. The highest BCUT2D eigenvalue weighted by Crippen LogP contribution is 2.30. The van der Waals surface area contributed by atoms with Crippen molar-refractivity contribution in [2.45, 2.75) is 18.9 Å². The fraction of sp³-hybridized carbons (Fsp3) is 0.348. The second-order valence-corrected chi connectivity index (χ2v) is 8.29. The summed E-state index contributed by atoms with van der Waals surface area (Å²) in [7, 11) is 5.97. The molecular formula is C23H26ClN5O2. The summed E-state index contributed by atoms with van der Waals surface area (Å²) in [6, 6.07) is 12.7. The average Bonchev–Trinajstić information content (AvgIpc) is 2.73. The van der Waals surface area contributed by atoms with E-state index in [0.717, 1.165) is 24.9 Å². The summed E-state index contributed by atoms with van der Waals surface area (Å²) in [4.78, 5) is 29.0. The van der Waals surface area contributed by atoms with Crippen molar-refractivity contribution in [3.8, 4) is 6.07 Å². The van der Waals surface area contributed by atoms with Gasteiger partial charge in [-0.1, -0.05) is 23.7 Å². The number of rotatable bonds is 5. The quantitative estimate of drug-likeness (QED) is 0.699. The Balaban J connectivity index is 1.68. The number of amides is 2. The van der Waals surface area contributed by atoms with Crippen LogP contribution in [0.15, 0.2) is 36.4 Å². The van der Waals surface area contributed by atoms with Crippen LogP contribution in [-0.4, -0.2) is 50.9 Å². The van der Waals surface area contributed by atoms with E-state index in [2.05, 4.69) is 40.8 Å². The highest BCUT2D eigenvalue weighted by molar-refractivity contribution is 6.40. The van der Waals surface area contributed by atoms with Gasteiger partial charge in [0.25, 0.3) is 0 Å². The van der Waals surface area contributed by atoms with Crippen LogP contribution in [0.1, 0.15) is 29.2 Å². The number of hydrogen-bond donors (Lipinski definition) is 2. The topological polar surface area (TPSA) is 88.5 Å². The number of halogens is 1. The van der Waals surface area contributed by atoms with E-state index < -0.39 is 11.8 Å². The summed E-state index contributed by atoms with van der Waals surface area (Å²) in [5.41, 5.74) is 4.06. The minimum absolute atomic E-state index is 0.0879. The first-order valence-corrected chi connectivity index (χ1v) is 10.5. The maximum Gasteiger partial charge on any atom is 0.313 e. The Morgan fingerprint density at radius 1 is 1.23 bits per heavy atom. The largest absolute Gasteiger partial charge is 0.374 e. The van der Waals surface area contributed by atoms with E-state index in [1.165, 1.54) is 23.4 Å². The molecule has 7 nitrogen and oxygen atoms in total. The number of carbonyl (C=O) groups is 2. The van der Waals surface area contributed by atoms with Gasteiger partial charge in [0.05, 0.1) is 17.3 Å². The van der Waals surface area contributed by atoms with Crippen LogP contribution in [0.5, 0.6) is 0 Å². The minimum Gasteiger partial charge on any atom is -0.374 e. The van der Waals surface area contributed by atoms with Crippen LogP contribution in [0.25, 0.3) is 0 Å². The molecular weight excluding hydrogens is 414 g/mol. The van der Waals surface area contributed by atoms with Crippen molar-refractivity contribution in [3.05, 3.63) is 58.1 Å². The molecule has 0 aromatic heterocycles. The molecule has 2 amide bonds. The molecule has 0 saturated carbocycles. The number of benzene rings is 2. The molecule has 0 saturated heterocycles. The fourth-order valence-electron chi connectivity index (χ4n) is 3.78. The summed E-state index contributed by atoms with van der Waals surface area (Å²) in [6.07, 6.45) is 2.15. The van der Waals surface area contributed by atoms with Crippen LogP contribution in [0.3, 0.4) is 0 Å². The first-order chi connectivity index (χ1) is 14.8. The molecule has 2 aromatic carbocycles. The molecule has 162 valence electrons. The van der Waals surface area contributed by atoms with Crippen molar-refractivity contribution < 1.29 is 9.59 Å². The molecule has 1 aliphatic heterocycles. The fourth-order valence-corrected chi connectivity index (χ4v) is 3.95. The molecule has 3 rings (SSSR count). The molecule has 8 heteroatoms. The molecule has 0 fully saturated rings. The molecule has 1 atom stereocenters. The highest BCUT2D eigenvalue weighted by Gasteiger charge is 2.22. The van der Waals surface area contributed by atoms with Gasteiger partial charge in [-0.2, -0.15) is 5.26 Å². The van der Waals surface area contributed by atoms with E-state index in [-0.39, 0.29) is 23.8 Å². The Hall–Kier alpha value is -3.08. The molecule has 2 N–H and O–H groups in total. The number of aryl methyl sites for hydroxylation is 1. The second kappa shape index (κ2) is 9.82. The lowest BCUT2D eigenvalue weighted by Gasteiger charge is -2.30. The second-order valence-electron chi connectivity index (χ2n) is 7.86. The van der Waals surface area contributed by atoms with Crippen molar-refractivity contribution in [2.75, 3.05) is 44.4 Å². The van der Waals surface area contributed by atoms with Crippen LogP contribution in [0, 0.1) is 11.3 Å². The van der Waals surface area contributed by atoms with Gasteiger partial charge in [0.2, 0.25) is 0 Å². The number of nitriles is 1. The summed E-state index contributed by atoms with van der Waals surface area (Å²) in [6.45, 7) is 1.32. The average molecular weight is 440 g/mol. The lowest BCUT2D eigenvalue weighted by Crippen LogP contribution is -2.40. The van der Waals surface area contributed by atoms with E-state index in [4.69, 9.17) is 11.6 Å². The van der Waals surface area contributed by atoms with Crippen LogP contribution in [0.2, 0.25) is 5.02 Å². The number of carbonyl (C=O) groups excluding carboxylic acids is 2. The predicted molar refractivity (Wildman–Crippen MR) is 122 cm³/mol. The zero-order valence-electron chi connectivity index (χ0n) is 17.9. The van der Waals surface area contributed by atoms with E-state index in [0.29, 0.717) is 5.02 Å². The molecule has 2 aromatic rings. The lowest BCUT2D eigenvalue weighted by atomic mass is 9.96. The summed E-state index contributed by atoms with van der Waals surface area (Å²) < 4.78 is 0. The smallest absolute Gasteiger partial charge is 0.313 e. The number of nitrogens with zero attached hydrogens (tertiary/aromatic N) is 3. The van der Waals surface area contributed by atoms with Gasteiger partial charge < -0.3 is 20.4 Å². The van der Waals surface area contributed by atoms with E-state index in [1.807, 2.05) is 25.1 Å². The normalized spacial score (nSPS) is 13.9. The number of likely N-dealkylation sites (N-methyl/N-ethyl adjacent to an activating group) is 1. The van der Waals surface area contributed by atoms with Crippen molar-refractivity contribution in [3.63, 3.8) is 0 Å². The highest BCUT2D eigenvalue weighted by atomic mass is 35.5. The van der Waals surface area contributed by atoms with E-state index >= 15 is 0 Å². The minimum atomic E-state index is -0.844. The third-order valence-electron chi connectivity index (χ3n) is 5.48. The third-order valence-corrected chi connectivity index (χ3v) is 5.71. The van der Waals surface area contributed by atoms with Gasteiger partial charge >= 0.3 is 11.8 Å². The summed E-state index contributed by atoms with van der Waals surface area (Å²) in [5.74, 6) is -1.61. The zero-order chi connectivity index (χ0) is 22.5. The lowest BCUT2D eigenvalue weighted by molar-refractivity contribution is -0.136. The summed E-state index contributed by atoms with van der Waals surface area (Å²) in [5, 5.41) is 14.7. The predicted octanol–water partition coefficient (Wildman–Crippen LogP) is 2.95. The Bertz CT molecular complexity index is 1030. The monoisotopic (exact) mass is 439 g/mol. The van der Waals surface area contributed by atoms with E-state index in [1.54, 1.807) is 6.07 Å². The molecule has 1 heterocycles. The molecule has 31 heavy (non-hydrogen) atoms. The molecule has 1 aliphatic rings. The van der Waals surface area contributed by atoms with Crippen molar-refractivity contribution in [2.24, 2.45) is 0 Å². The zero-order valence-corrected chi connectivity index (χ0v) is 18.7. The number of anilines is 2. The Kier molecular flexibility index (Phi) is 7.16. The van der Waals surface area contributed by atoms with Gasteiger partial charge in [0.15, 0.2) is 0 Å². The van der Waals surface area contributed by atoms with Crippen LogP contribution in [-0.2, 0) is 16.0 Å². The van der Waals surface area contributed by atoms with Crippen molar-refractivity contribution in [1.82, 2.24) is 10.2 Å². The van der Waals surface area contributed by atoms with Gasteiger partial charge in [-0.15, -0.1) is 0 Å². The Morgan fingerprint density at radius 3 is 2.71 bits per heavy atom. The number of hydrogen-bond acceptors (Lipinski definition) is 5. The standard InChI is InChI=1S/C23H26ClN5O2/c1-28(2)21(16-7-9-20-15(11-16)5-4-10-29(20)3)14-26-22(30)23(31)27-19-12-18(24)8-6-17(19)13-25/h6-9,11-12,21H,4-5,10,14H2,1-3H3,(H,26,30)(H,27,31)/t21-/m1/s1. The van der Waals surface area contributed by atoms with Gasteiger partial charge in [-0.25, -0.2) is 0 Å². The molecule has 0 aliphatic carbocycles. The van der Waals surface area contributed by atoms with Crippen molar-refractivity contribution in [1.29, 1.82) is 5.26 Å². The van der Waals surface area contributed by atoms with Crippen LogP contribution in [0.4, 0.5) is 11.4 Å². The van der Waals surface area contributed by atoms with Crippen LogP contribution < -0.4 is 15.5 Å². The Labute approximate surface area is 187 Å². The third kappa shape index (κ3) is 5.35. The van der Waals surface area contributed by atoms with Crippen LogP contribution >= 0.6 is 11.6 Å². The maximum absolute atomic E-state index is 12.4. The maximum atomic E-state index is 12.4. The van der Waals surface area contributed by atoms with Gasteiger partial charge in [0.1, 0.15) is 6.07 Å². The number of fused-ring (bicyclic) bond motifs is 1. The molecule has 0 bridgehead atoms. The van der Waals surface area contributed by atoms with Gasteiger partial charge in [0, 0.05) is 30.8 Å². The Morgan fingerprint density at radius 2 is 2.00 bits per heavy atom. The van der Waals surface area contributed by atoms with Gasteiger partial charge in [-0.05, 0) is 62.3 Å². The molecule has 0 radical (unpaired) electrons. The van der Waals surface area contributed by atoms with Gasteiger partial charge in [-0.3, -0.25) is 9.59 Å². The van der Waals surface area contributed by atoms with Crippen molar-refractivity contribution >= 4 is 34.8 Å². The first-order valence-electron chi connectivity index (χ1n) is 10.1. The number of nitrogens with one attached hydrogen (secondary N) is 2. The summed E-state index contributed by atoms with van der Waals surface area (Å²) >= 11 is 5.93. The molecule has 0 unspecified atom stereocenters.